The van der Waals surface area contributed by atoms with Crippen LogP contribution in [0.1, 0.15) is 31.0 Å². The van der Waals surface area contributed by atoms with E-state index in [0.29, 0.717) is 36.8 Å². The molecule has 0 saturated heterocycles. The molecular formula is C23H26N2O5. The Morgan fingerprint density at radius 3 is 2.57 bits per heavy atom. The smallest absolute Gasteiger partial charge is 0.341 e. The third kappa shape index (κ3) is 5.45. The first-order valence-corrected chi connectivity index (χ1v) is 9.96. The Bertz CT molecular complexity index is 897. The van der Waals surface area contributed by atoms with E-state index in [1.807, 2.05) is 61.5 Å². The van der Waals surface area contributed by atoms with Gasteiger partial charge in [0.25, 0.3) is 0 Å². The molecule has 0 saturated carbocycles. The van der Waals surface area contributed by atoms with Crippen molar-refractivity contribution in [1.29, 1.82) is 0 Å². The van der Waals surface area contributed by atoms with Crippen molar-refractivity contribution in [3.8, 4) is 5.75 Å². The number of carbonyl (C=O) groups excluding carboxylic acids is 2. The highest BCUT2D eigenvalue weighted by atomic mass is 16.6. The lowest BCUT2D eigenvalue weighted by Gasteiger charge is -2.30. The molecule has 0 aromatic heterocycles. The summed E-state index contributed by atoms with van der Waals surface area (Å²) in [6.07, 6.45) is 0. The van der Waals surface area contributed by atoms with Gasteiger partial charge in [-0.1, -0.05) is 48.5 Å². The molecule has 2 unspecified atom stereocenters. The Kier molecular flexibility index (Phi) is 7.57. The van der Waals surface area contributed by atoms with E-state index in [0.717, 1.165) is 5.56 Å². The van der Waals surface area contributed by atoms with Crippen LogP contribution in [0.3, 0.4) is 0 Å². The molecule has 2 amide bonds. The summed E-state index contributed by atoms with van der Waals surface area (Å²) in [6.45, 7) is 4.91. The van der Waals surface area contributed by atoms with Gasteiger partial charge in [0.2, 0.25) is 0 Å². The van der Waals surface area contributed by atoms with Crippen LogP contribution in [0.15, 0.2) is 59.6 Å². The maximum absolute atomic E-state index is 12.8. The summed E-state index contributed by atoms with van der Waals surface area (Å²) in [5.74, 6) is -0.613. The van der Waals surface area contributed by atoms with Crippen LogP contribution in [0.5, 0.6) is 5.75 Å². The number of amides is 2. The Balaban J connectivity index is 1.81. The van der Waals surface area contributed by atoms with E-state index in [1.165, 1.54) is 0 Å². The van der Waals surface area contributed by atoms with E-state index < -0.39 is 24.0 Å². The quantitative estimate of drug-likeness (QED) is 0.503. The molecule has 0 spiro atoms. The third-order valence-corrected chi connectivity index (χ3v) is 4.76. The largest absolute Gasteiger partial charge is 0.489 e. The minimum Gasteiger partial charge on any atom is -0.489 e. The number of para-hydroxylation sites is 1. The highest BCUT2D eigenvalue weighted by molar-refractivity contribution is 6.08. The Morgan fingerprint density at radius 1 is 1.07 bits per heavy atom. The van der Waals surface area contributed by atoms with E-state index in [9.17, 15) is 9.59 Å². The molecule has 7 nitrogen and oxygen atoms in total. The van der Waals surface area contributed by atoms with E-state index in [1.54, 1.807) is 6.92 Å². The number of benzene rings is 2. The van der Waals surface area contributed by atoms with Crippen LogP contribution in [0, 0.1) is 5.92 Å². The SMILES string of the molecule is CCOCCOC(=O)C1C(C)=NC(=O)NC1c1ccccc1OCc1ccccc1. The average Bonchev–Trinajstić information content (AvgIpc) is 2.75. The Labute approximate surface area is 176 Å². The number of hydrogen-bond donors (Lipinski definition) is 1. The molecule has 2 atom stereocenters. The minimum absolute atomic E-state index is 0.142. The average molecular weight is 410 g/mol. The first kappa shape index (κ1) is 21.5. The summed E-state index contributed by atoms with van der Waals surface area (Å²) in [7, 11) is 0. The van der Waals surface area contributed by atoms with Crippen LogP contribution >= 0.6 is 0 Å². The van der Waals surface area contributed by atoms with Gasteiger partial charge < -0.3 is 19.5 Å². The molecule has 7 heteroatoms. The van der Waals surface area contributed by atoms with Gasteiger partial charge in [0, 0.05) is 17.9 Å². The van der Waals surface area contributed by atoms with Gasteiger partial charge in [0.1, 0.15) is 24.9 Å². The Morgan fingerprint density at radius 2 is 1.80 bits per heavy atom. The van der Waals surface area contributed by atoms with Crippen LogP contribution in [-0.4, -0.2) is 37.5 Å². The molecule has 1 N–H and O–H groups in total. The summed E-state index contributed by atoms with van der Waals surface area (Å²) < 4.78 is 16.6. The number of esters is 1. The van der Waals surface area contributed by atoms with Gasteiger partial charge in [-0.2, -0.15) is 0 Å². The number of carbonyl (C=O) groups is 2. The van der Waals surface area contributed by atoms with E-state index in [4.69, 9.17) is 14.2 Å². The molecule has 1 aliphatic rings. The second-order valence-electron chi connectivity index (χ2n) is 6.83. The molecule has 3 rings (SSSR count). The fraction of sp³-hybridized carbons (Fsp3) is 0.348. The highest BCUT2D eigenvalue weighted by Crippen LogP contribution is 2.34. The predicted molar refractivity (Wildman–Crippen MR) is 113 cm³/mol. The summed E-state index contributed by atoms with van der Waals surface area (Å²) in [5, 5.41) is 2.80. The monoisotopic (exact) mass is 410 g/mol. The normalized spacial score (nSPS) is 18.3. The number of nitrogens with one attached hydrogen (secondary N) is 1. The van der Waals surface area contributed by atoms with Gasteiger partial charge in [-0.15, -0.1) is 0 Å². The van der Waals surface area contributed by atoms with Gasteiger partial charge in [-0.25, -0.2) is 9.79 Å². The molecule has 2 aromatic carbocycles. The van der Waals surface area contributed by atoms with Crippen molar-refractivity contribution >= 4 is 17.7 Å². The van der Waals surface area contributed by atoms with Gasteiger partial charge in [0.15, 0.2) is 0 Å². The van der Waals surface area contributed by atoms with Crippen LogP contribution in [-0.2, 0) is 20.9 Å². The van der Waals surface area contributed by atoms with Crippen molar-refractivity contribution in [1.82, 2.24) is 5.32 Å². The summed E-state index contributed by atoms with van der Waals surface area (Å²) in [6, 6.07) is 16.0. The van der Waals surface area contributed by atoms with Gasteiger partial charge in [-0.05, 0) is 25.5 Å². The standard InChI is InChI=1S/C23H26N2O5/c1-3-28-13-14-29-22(26)20-16(2)24-23(27)25-21(20)18-11-7-8-12-19(18)30-15-17-9-5-4-6-10-17/h4-12,20-21H,3,13-15H2,1-2H3,(H,25,27). The molecule has 0 aliphatic carbocycles. The number of rotatable bonds is 9. The second kappa shape index (κ2) is 10.5. The van der Waals surface area contributed by atoms with Gasteiger partial charge in [0.05, 0.1) is 12.6 Å². The number of ether oxygens (including phenoxy) is 3. The van der Waals surface area contributed by atoms with Crippen molar-refractivity contribution in [3.63, 3.8) is 0 Å². The zero-order valence-corrected chi connectivity index (χ0v) is 17.2. The molecule has 30 heavy (non-hydrogen) atoms. The number of hydrogen-bond acceptors (Lipinski definition) is 5. The van der Waals surface area contributed by atoms with Crippen molar-refractivity contribution in [2.75, 3.05) is 19.8 Å². The molecule has 158 valence electrons. The fourth-order valence-corrected chi connectivity index (χ4v) is 3.32. The van der Waals surface area contributed by atoms with E-state index in [-0.39, 0.29) is 6.61 Å². The molecule has 0 bridgehead atoms. The molecule has 0 radical (unpaired) electrons. The van der Waals surface area contributed by atoms with Crippen molar-refractivity contribution < 1.29 is 23.8 Å². The predicted octanol–water partition coefficient (Wildman–Crippen LogP) is 3.69. The van der Waals surface area contributed by atoms with Gasteiger partial charge in [-0.3, -0.25) is 4.79 Å². The lowest BCUT2D eigenvalue weighted by Crippen LogP contribution is -2.44. The summed E-state index contributed by atoms with van der Waals surface area (Å²) in [4.78, 5) is 28.8. The fourth-order valence-electron chi connectivity index (χ4n) is 3.32. The van der Waals surface area contributed by atoms with Crippen LogP contribution < -0.4 is 10.1 Å². The first-order valence-electron chi connectivity index (χ1n) is 9.96. The van der Waals surface area contributed by atoms with Crippen molar-refractivity contribution in [2.24, 2.45) is 10.9 Å². The van der Waals surface area contributed by atoms with E-state index in [2.05, 4.69) is 10.3 Å². The molecule has 1 aliphatic heterocycles. The van der Waals surface area contributed by atoms with E-state index >= 15 is 0 Å². The zero-order valence-electron chi connectivity index (χ0n) is 17.2. The second-order valence-corrected chi connectivity index (χ2v) is 6.83. The number of urea groups is 1. The lowest BCUT2D eigenvalue weighted by molar-refractivity contribution is -0.148. The van der Waals surface area contributed by atoms with Gasteiger partial charge >= 0.3 is 12.0 Å². The van der Waals surface area contributed by atoms with Crippen LogP contribution in [0.25, 0.3) is 0 Å². The topological polar surface area (TPSA) is 86.2 Å². The van der Waals surface area contributed by atoms with Crippen LogP contribution in [0.4, 0.5) is 4.79 Å². The zero-order chi connectivity index (χ0) is 21.3. The lowest BCUT2D eigenvalue weighted by atomic mass is 9.88. The summed E-state index contributed by atoms with van der Waals surface area (Å²) >= 11 is 0. The summed E-state index contributed by atoms with van der Waals surface area (Å²) in [5.41, 5.74) is 2.12. The Hall–Kier alpha value is -3.19. The molecule has 0 fully saturated rings. The first-order chi connectivity index (χ1) is 14.6. The maximum atomic E-state index is 12.8. The van der Waals surface area contributed by atoms with Crippen LogP contribution in [0.2, 0.25) is 0 Å². The minimum atomic E-state index is -0.745. The molecule has 1 heterocycles. The van der Waals surface area contributed by atoms with Crippen molar-refractivity contribution in [2.45, 2.75) is 26.5 Å². The number of nitrogens with zero attached hydrogens (tertiary/aromatic N) is 1. The third-order valence-electron chi connectivity index (χ3n) is 4.76. The molecular weight excluding hydrogens is 384 g/mol. The number of aliphatic imine (C=N–C) groups is 1. The van der Waals surface area contributed by atoms with Crippen molar-refractivity contribution in [3.05, 3.63) is 65.7 Å². The molecule has 2 aromatic rings. The maximum Gasteiger partial charge on any atom is 0.341 e. The highest BCUT2D eigenvalue weighted by Gasteiger charge is 2.39.